The lowest BCUT2D eigenvalue weighted by atomic mass is 10.0. The molecular weight excluding hydrogens is 276 g/mol. The molecule has 2 aromatic carbocycles. The maximum absolute atomic E-state index is 5.23. The first-order chi connectivity index (χ1) is 10.8. The van der Waals surface area contributed by atoms with Gasteiger partial charge in [-0.3, -0.25) is 0 Å². The van der Waals surface area contributed by atoms with E-state index >= 15 is 0 Å². The molecular formula is C19H22O3. The Balaban J connectivity index is 0.000000139. The highest BCUT2D eigenvalue weighted by molar-refractivity contribution is 5.63. The Hall–Kier alpha value is -1.68. The minimum atomic E-state index is 0.392. The summed E-state index contributed by atoms with van der Waals surface area (Å²) in [7, 11) is 0. The predicted octanol–water partition coefficient (Wildman–Crippen LogP) is 3.46. The van der Waals surface area contributed by atoms with Crippen LogP contribution in [0.3, 0.4) is 0 Å². The summed E-state index contributed by atoms with van der Waals surface area (Å²) in [5.74, 6) is 0. The van der Waals surface area contributed by atoms with Gasteiger partial charge >= 0.3 is 0 Å². The lowest BCUT2D eigenvalue weighted by Crippen LogP contribution is -2.06. The Morgan fingerprint density at radius 2 is 1.32 bits per heavy atom. The molecule has 116 valence electrons. The Kier molecular flexibility index (Phi) is 5.22. The van der Waals surface area contributed by atoms with Gasteiger partial charge in [-0.15, -0.1) is 0 Å². The van der Waals surface area contributed by atoms with E-state index < -0.39 is 0 Å². The Bertz CT molecular complexity index is 545. The van der Waals surface area contributed by atoms with E-state index in [9.17, 15) is 0 Å². The van der Waals surface area contributed by atoms with Crippen LogP contribution in [0.2, 0.25) is 0 Å². The second-order valence-electron chi connectivity index (χ2n) is 5.68. The molecule has 2 fully saturated rings. The average Bonchev–Trinajstić information content (AvgIpc) is 3.45. The first-order valence-electron chi connectivity index (χ1n) is 7.74. The van der Waals surface area contributed by atoms with Crippen LogP contribution in [-0.2, 0) is 14.2 Å². The summed E-state index contributed by atoms with van der Waals surface area (Å²) in [6.07, 6.45) is 0.785. The minimum Gasteiger partial charge on any atom is -0.376 e. The second kappa shape index (κ2) is 7.54. The fourth-order valence-corrected chi connectivity index (χ4v) is 2.04. The summed E-state index contributed by atoms with van der Waals surface area (Å²) in [5, 5.41) is 0. The lowest BCUT2D eigenvalue weighted by molar-refractivity contribution is 0.102. The highest BCUT2D eigenvalue weighted by atomic mass is 16.6. The maximum Gasteiger partial charge on any atom is 0.104 e. The smallest absolute Gasteiger partial charge is 0.104 e. The molecule has 2 aliphatic heterocycles. The van der Waals surface area contributed by atoms with Crippen molar-refractivity contribution in [2.75, 3.05) is 26.4 Å². The number of aryl methyl sites for hydroxylation is 1. The van der Waals surface area contributed by atoms with Crippen molar-refractivity contribution >= 4 is 0 Å². The number of benzene rings is 2. The number of rotatable bonds is 5. The molecule has 22 heavy (non-hydrogen) atoms. The van der Waals surface area contributed by atoms with Crippen LogP contribution >= 0.6 is 0 Å². The van der Waals surface area contributed by atoms with Crippen molar-refractivity contribution in [2.24, 2.45) is 0 Å². The van der Waals surface area contributed by atoms with Crippen LogP contribution in [-0.4, -0.2) is 38.6 Å². The third kappa shape index (κ3) is 5.26. The molecule has 0 radical (unpaired) electrons. The fourth-order valence-electron chi connectivity index (χ4n) is 2.04. The topological polar surface area (TPSA) is 34.3 Å². The van der Waals surface area contributed by atoms with Gasteiger partial charge in [-0.05, 0) is 18.1 Å². The summed E-state index contributed by atoms with van der Waals surface area (Å²) in [5.41, 5.74) is 3.87. The molecule has 3 heteroatoms. The largest absolute Gasteiger partial charge is 0.376 e. The van der Waals surface area contributed by atoms with E-state index in [0.717, 1.165) is 26.4 Å². The van der Waals surface area contributed by atoms with Crippen molar-refractivity contribution < 1.29 is 14.2 Å². The van der Waals surface area contributed by atoms with Crippen LogP contribution in [0.15, 0.2) is 54.6 Å². The molecule has 3 nitrogen and oxygen atoms in total. The highest BCUT2D eigenvalue weighted by Crippen LogP contribution is 2.18. The molecule has 0 aliphatic carbocycles. The zero-order valence-electron chi connectivity index (χ0n) is 12.9. The van der Waals surface area contributed by atoms with Gasteiger partial charge in [0, 0.05) is 0 Å². The van der Waals surface area contributed by atoms with Gasteiger partial charge in [0.1, 0.15) is 12.2 Å². The van der Waals surface area contributed by atoms with E-state index in [1.54, 1.807) is 0 Å². The number of ether oxygens (including phenoxy) is 3. The first kappa shape index (κ1) is 15.2. The molecule has 2 unspecified atom stereocenters. The SMILES string of the molecule is C(OCC1CO1)C1CO1.Cc1ccc(-c2ccccc2)cc1. The number of epoxide rings is 2. The lowest BCUT2D eigenvalue weighted by Gasteiger charge is -2.00. The Morgan fingerprint density at radius 1 is 0.818 bits per heavy atom. The van der Waals surface area contributed by atoms with Crippen molar-refractivity contribution in [3.63, 3.8) is 0 Å². The molecule has 2 aliphatic rings. The van der Waals surface area contributed by atoms with Gasteiger partial charge < -0.3 is 14.2 Å². The van der Waals surface area contributed by atoms with Crippen molar-refractivity contribution in [3.8, 4) is 11.1 Å². The molecule has 4 rings (SSSR count). The normalized spacial score (nSPS) is 21.7. The zero-order chi connectivity index (χ0) is 15.2. The molecule has 0 amide bonds. The number of hydrogen-bond donors (Lipinski definition) is 0. The third-order valence-corrected chi connectivity index (χ3v) is 3.57. The van der Waals surface area contributed by atoms with Crippen LogP contribution in [0.1, 0.15) is 5.56 Å². The van der Waals surface area contributed by atoms with Crippen molar-refractivity contribution in [2.45, 2.75) is 19.1 Å². The molecule has 0 spiro atoms. The molecule has 0 N–H and O–H groups in total. The van der Waals surface area contributed by atoms with Crippen LogP contribution in [0.5, 0.6) is 0 Å². The summed E-state index contributed by atoms with van der Waals surface area (Å²) >= 11 is 0. The summed E-state index contributed by atoms with van der Waals surface area (Å²) < 4.78 is 15.1. The van der Waals surface area contributed by atoms with Crippen molar-refractivity contribution in [1.29, 1.82) is 0 Å². The van der Waals surface area contributed by atoms with E-state index in [4.69, 9.17) is 14.2 Å². The van der Waals surface area contributed by atoms with E-state index in [1.807, 2.05) is 6.07 Å². The van der Waals surface area contributed by atoms with Crippen LogP contribution in [0.4, 0.5) is 0 Å². The van der Waals surface area contributed by atoms with Gasteiger partial charge in [-0.1, -0.05) is 60.2 Å². The molecule has 2 saturated heterocycles. The Morgan fingerprint density at radius 3 is 1.82 bits per heavy atom. The zero-order valence-corrected chi connectivity index (χ0v) is 12.9. The molecule has 2 atom stereocenters. The van der Waals surface area contributed by atoms with Crippen LogP contribution in [0.25, 0.3) is 11.1 Å². The summed E-state index contributed by atoms with van der Waals surface area (Å²) in [6, 6.07) is 19.0. The maximum atomic E-state index is 5.23. The monoisotopic (exact) mass is 298 g/mol. The van der Waals surface area contributed by atoms with E-state index in [1.165, 1.54) is 16.7 Å². The first-order valence-corrected chi connectivity index (χ1v) is 7.74. The number of hydrogen-bond acceptors (Lipinski definition) is 3. The summed E-state index contributed by atoms with van der Waals surface area (Å²) in [6.45, 7) is 5.37. The third-order valence-electron chi connectivity index (χ3n) is 3.57. The highest BCUT2D eigenvalue weighted by Gasteiger charge is 2.26. The van der Waals surface area contributed by atoms with E-state index in [2.05, 4.69) is 55.5 Å². The van der Waals surface area contributed by atoms with Gasteiger partial charge in [-0.25, -0.2) is 0 Å². The van der Waals surface area contributed by atoms with E-state index in [0.29, 0.717) is 12.2 Å². The van der Waals surface area contributed by atoms with Gasteiger partial charge in [0.2, 0.25) is 0 Å². The molecule has 0 saturated carbocycles. The van der Waals surface area contributed by atoms with Gasteiger partial charge in [0.25, 0.3) is 0 Å². The molecule has 0 bridgehead atoms. The minimum absolute atomic E-state index is 0.392. The van der Waals surface area contributed by atoms with Gasteiger partial charge in [0.15, 0.2) is 0 Å². The van der Waals surface area contributed by atoms with Crippen LogP contribution < -0.4 is 0 Å². The second-order valence-corrected chi connectivity index (χ2v) is 5.68. The van der Waals surface area contributed by atoms with Gasteiger partial charge in [-0.2, -0.15) is 0 Å². The Labute approximate surface area is 131 Å². The molecule has 2 aromatic rings. The molecule has 0 aromatic heterocycles. The quantitative estimate of drug-likeness (QED) is 0.793. The predicted molar refractivity (Wildman–Crippen MR) is 86.9 cm³/mol. The van der Waals surface area contributed by atoms with Crippen molar-refractivity contribution in [3.05, 3.63) is 60.2 Å². The summed E-state index contributed by atoms with van der Waals surface area (Å²) in [4.78, 5) is 0. The fraction of sp³-hybridized carbons (Fsp3) is 0.368. The standard InChI is InChI=1S/C13H12.C6H10O3/c1-11-7-9-13(10-8-11)12-5-3-2-4-6-12;1(5-3-8-5)7-2-6-4-9-6/h2-10H,1H3;5-6H,1-4H2. The molecule has 2 heterocycles. The van der Waals surface area contributed by atoms with Crippen molar-refractivity contribution in [1.82, 2.24) is 0 Å². The van der Waals surface area contributed by atoms with Crippen LogP contribution in [0, 0.1) is 6.92 Å². The van der Waals surface area contributed by atoms with E-state index in [-0.39, 0.29) is 0 Å². The average molecular weight is 298 g/mol. The van der Waals surface area contributed by atoms with Gasteiger partial charge in [0.05, 0.1) is 26.4 Å².